The highest BCUT2D eigenvalue weighted by Gasteiger charge is 2.20. The van der Waals surface area contributed by atoms with E-state index >= 15 is 0 Å². The SMILES string of the molecule is CSc1ncc2c(F)cc(B(O)O)n2n1. The van der Waals surface area contributed by atoms with Gasteiger partial charge in [-0.1, -0.05) is 11.8 Å². The first kappa shape index (κ1) is 10.4. The van der Waals surface area contributed by atoms with Crippen LogP contribution >= 0.6 is 11.8 Å². The number of fused-ring (bicyclic) bond motifs is 1. The minimum absolute atomic E-state index is 0.0137. The second-order valence-corrected chi connectivity index (χ2v) is 3.61. The molecule has 0 radical (unpaired) electrons. The number of rotatable bonds is 2. The third-order valence-corrected chi connectivity index (χ3v) is 2.47. The standard InChI is InChI=1S/C7H7BFN3O2S/c1-15-7-10-3-5-4(9)2-6(8(13)14)12(5)11-7/h2-3,13-14H,1H3. The molecule has 0 atom stereocenters. The lowest BCUT2D eigenvalue weighted by atomic mass is 9.87. The van der Waals surface area contributed by atoms with E-state index in [9.17, 15) is 4.39 Å². The fourth-order valence-electron chi connectivity index (χ4n) is 1.24. The van der Waals surface area contributed by atoms with Crippen LogP contribution in [0.25, 0.3) is 5.52 Å². The van der Waals surface area contributed by atoms with Gasteiger partial charge in [-0.25, -0.2) is 13.9 Å². The van der Waals surface area contributed by atoms with Crippen molar-refractivity contribution in [3.05, 3.63) is 18.1 Å². The van der Waals surface area contributed by atoms with E-state index < -0.39 is 12.9 Å². The van der Waals surface area contributed by atoms with Gasteiger partial charge in [0.15, 0.2) is 5.82 Å². The maximum absolute atomic E-state index is 13.3. The van der Waals surface area contributed by atoms with Gasteiger partial charge < -0.3 is 10.0 Å². The number of hydrogen-bond acceptors (Lipinski definition) is 5. The summed E-state index contributed by atoms with van der Waals surface area (Å²) in [5.74, 6) is -0.578. The molecule has 0 spiro atoms. The van der Waals surface area contributed by atoms with Crippen LogP contribution in [0, 0.1) is 5.82 Å². The molecule has 0 aromatic carbocycles. The molecule has 0 bridgehead atoms. The summed E-state index contributed by atoms with van der Waals surface area (Å²) in [5, 5.41) is 22.4. The molecule has 0 aliphatic heterocycles. The molecule has 0 aliphatic carbocycles. The Kier molecular flexibility index (Phi) is 2.64. The Morgan fingerprint density at radius 1 is 1.53 bits per heavy atom. The summed E-state index contributed by atoms with van der Waals surface area (Å²) in [6.07, 6.45) is 3.08. The van der Waals surface area contributed by atoms with Crippen LogP contribution in [0.3, 0.4) is 0 Å². The smallest absolute Gasteiger partial charge is 0.422 e. The third-order valence-electron chi connectivity index (χ3n) is 1.92. The van der Waals surface area contributed by atoms with E-state index in [0.29, 0.717) is 5.16 Å². The molecule has 0 saturated carbocycles. The van der Waals surface area contributed by atoms with Crippen molar-refractivity contribution >= 4 is 30.0 Å². The molecule has 8 heteroatoms. The van der Waals surface area contributed by atoms with E-state index in [-0.39, 0.29) is 11.1 Å². The quantitative estimate of drug-likeness (QED) is 0.522. The molecule has 2 rings (SSSR count). The highest BCUT2D eigenvalue weighted by Crippen LogP contribution is 2.11. The molecule has 78 valence electrons. The van der Waals surface area contributed by atoms with Gasteiger partial charge in [-0.3, -0.25) is 0 Å². The molecule has 0 unspecified atom stereocenters. The van der Waals surface area contributed by atoms with Gasteiger partial charge in [-0.2, -0.15) is 0 Å². The van der Waals surface area contributed by atoms with Gasteiger partial charge in [0, 0.05) is 0 Å². The zero-order valence-electron chi connectivity index (χ0n) is 7.75. The minimum Gasteiger partial charge on any atom is -0.422 e. The van der Waals surface area contributed by atoms with Crippen LogP contribution in [-0.4, -0.2) is 38.0 Å². The first-order chi connectivity index (χ1) is 7.13. The van der Waals surface area contributed by atoms with Crippen molar-refractivity contribution in [3.63, 3.8) is 0 Å². The fraction of sp³-hybridized carbons (Fsp3) is 0.143. The molecule has 0 saturated heterocycles. The van der Waals surface area contributed by atoms with Crippen LogP contribution in [0.2, 0.25) is 0 Å². The Labute approximate surface area is 89.1 Å². The third kappa shape index (κ3) is 1.71. The van der Waals surface area contributed by atoms with E-state index in [1.54, 1.807) is 6.26 Å². The second kappa shape index (κ2) is 3.80. The zero-order valence-corrected chi connectivity index (χ0v) is 8.57. The summed E-state index contributed by atoms with van der Waals surface area (Å²) in [6, 6.07) is 1.03. The molecule has 2 aromatic rings. The highest BCUT2D eigenvalue weighted by atomic mass is 32.2. The second-order valence-electron chi connectivity index (χ2n) is 2.83. The molecular formula is C7H7BFN3O2S. The normalized spacial score (nSPS) is 10.9. The monoisotopic (exact) mass is 227 g/mol. The van der Waals surface area contributed by atoms with Crippen LogP contribution in [0.4, 0.5) is 4.39 Å². The minimum atomic E-state index is -1.76. The maximum Gasteiger partial charge on any atom is 0.508 e. The molecule has 2 aromatic heterocycles. The summed E-state index contributed by atoms with van der Waals surface area (Å²) in [6.45, 7) is 0. The Morgan fingerprint density at radius 3 is 2.87 bits per heavy atom. The van der Waals surface area contributed by atoms with E-state index in [2.05, 4.69) is 10.1 Å². The highest BCUT2D eigenvalue weighted by molar-refractivity contribution is 7.98. The molecule has 2 N–H and O–H groups in total. The van der Waals surface area contributed by atoms with Crippen molar-refractivity contribution < 1.29 is 14.4 Å². The van der Waals surface area contributed by atoms with Gasteiger partial charge >= 0.3 is 7.12 Å². The van der Waals surface area contributed by atoms with Crippen LogP contribution in [0.15, 0.2) is 17.4 Å². The number of halogens is 1. The Morgan fingerprint density at radius 2 is 2.27 bits per heavy atom. The van der Waals surface area contributed by atoms with E-state index in [1.165, 1.54) is 18.0 Å². The van der Waals surface area contributed by atoms with Crippen LogP contribution in [-0.2, 0) is 0 Å². The maximum atomic E-state index is 13.3. The average molecular weight is 227 g/mol. The van der Waals surface area contributed by atoms with Crippen molar-refractivity contribution in [2.75, 3.05) is 6.26 Å². The van der Waals surface area contributed by atoms with Crippen LogP contribution in [0.1, 0.15) is 0 Å². The van der Waals surface area contributed by atoms with Crippen molar-refractivity contribution in [3.8, 4) is 0 Å². The van der Waals surface area contributed by atoms with E-state index in [1.807, 2.05) is 0 Å². The number of nitrogens with zero attached hydrogens (tertiary/aromatic N) is 3. The molecule has 0 amide bonds. The zero-order chi connectivity index (χ0) is 11.0. The molecular weight excluding hydrogens is 220 g/mol. The van der Waals surface area contributed by atoms with Crippen molar-refractivity contribution in [2.24, 2.45) is 0 Å². The van der Waals surface area contributed by atoms with Crippen molar-refractivity contribution in [2.45, 2.75) is 5.16 Å². The topological polar surface area (TPSA) is 70.7 Å². The lowest BCUT2D eigenvalue weighted by Gasteiger charge is -2.00. The Balaban J connectivity index is 2.71. The van der Waals surface area contributed by atoms with Gasteiger partial charge in [0.25, 0.3) is 0 Å². The van der Waals surface area contributed by atoms with Gasteiger partial charge in [-0.05, 0) is 12.3 Å². The van der Waals surface area contributed by atoms with E-state index in [0.717, 1.165) is 10.6 Å². The number of thioether (sulfide) groups is 1. The average Bonchev–Trinajstić information content (AvgIpc) is 2.56. The first-order valence-electron chi connectivity index (χ1n) is 4.08. The summed E-state index contributed by atoms with van der Waals surface area (Å²) >= 11 is 1.28. The van der Waals surface area contributed by atoms with Gasteiger partial charge in [0.2, 0.25) is 5.16 Å². The number of hydrogen-bond donors (Lipinski definition) is 2. The molecule has 2 heterocycles. The molecule has 0 aliphatic rings. The molecule has 5 nitrogen and oxygen atoms in total. The largest absolute Gasteiger partial charge is 0.508 e. The summed E-state index contributed by atoms with van der Waals surface area (Å²) in [4.78, 5) is 3.89. The summed E-state index contributed by atoms with van der Waals surface area (Å²) in [5.41, 5.74) is 0.108. The lowest BCUT2D eigenvalue weighted by Crippen LogP contribution is -2.34. The molecule has 0 fully saturated rings. The fourth-order valence-corrected chi connectivity index (χ4v) is 1.56. The number of aromatic nitrogens is 3. The Hall–Kier alpha value is -1.12. The van der Waals surface area contributed by atoms with Crippen molar-refractivity contribution in [1.29, 1.82) is 0 Å². The predicted molar refractivity (Wildman–Crippen MR) is 54.6 cm³/mol. The molecule has 15 heavy (non-hydrogen) atoms. The van der Waals surface area contributed by atoms with Gasteiger partial charge in [-0.15, -0.1) is 5.10 Å². The van der Waals surface area contributed by atoms with Crippen LogP contribution in [0.5, 0.6) is 0 Å². The summed E-state index contributed by atoms with van der Waals surface area (Å²) in [7, 11) is -1.76. The van der Waals surface area contributed by atoms with Gasteiger partial charge in [0.1, 0.15) is 5.52 Å². The predicted octanol–water partition coefficient (Wildman–Crippen LogP) is -0.730. The van der Waals surface area contributed by atoms with Crippen LogP contribution < -0.4 is 5.59 Å². The Bertz CT molecular complexity index is 504. The van der Waals surface area contributed by atoms with Crippen molar-refractivity contribution in [1.82, 2.24) is 14.6 Å². The first-order valence-corrected chi connectivity index (χ1v) is 5.30. The van der Waals surface area contributed by atoms with Gasteiger partial charge in [0.05, 0.1) is 11.8 Å². The summed E-state index contributed by atoms with van der Waals surface area (Å²) < 4.78 is 14.4. The lowest BCUT2D eigenvalue weighted by molar-refractivity contribution is 0.423. The van der Waals surface area contributed by atoms with E-state index in [4.69, 9.17) is 10.0 Å².